The summed E-state index contributed by atoms with van der Waals surface area (Å²) in [7, 11) is -3.15. The number of carbonyl (C=O) groups is 1. The van der Waals surface area contributed by atoms with E-state index in [1.165, 1.54) is 23.4 Å². The second-order valence-corrected chi connectivity index (χ2v) is 8.35. The number of nitrogens with one attached hydrogen (secondary N) is 1. The van der Waals surface area contributed by atoms with Gasteiger partial charge in [-0.3, -0.25) is 4.79 Å². The SMILES string of the molecule is CS(=O)(=O)N1CCC(C(=O)NCc2cc(C3CC3)ncn2)CC1. The normalized spacial score (nSPS) is 20.4. The molecule has 0 unspecified atom stereocenters. The summed E-state index contributed by atoms with van der Waals surface area (Å²) in [6.07, 6.45) is 6.26. The molecule has 1 N–H and O–H groups in total. The molecule has 1 aromatic rings. The third kappa shape index (κ3) is 4.26. The number of amides is 1. The van der Waals surface area contributed by atoms with E-state index in [-0.39, 0.29) is 11.8 Å². The van der Waals surface area contributed by atoms with Crippen molar-refractivity contribution in [2.75, 3.05) is 19.3 Å². The molecule has 7 nitrogen and oxygen atoms in total. The van der Waals surface area contributed by atoms with E-state index in [2.05, 4.69) is 15.3 Å². The molecule has 0 spiro atoms. The zero-order chi connectivity index (χ0) is 16.4. The third-order valence-electron chi connectivity index (χ3n) is 4.48. The largest absolute Gasteiger partial charge is 0.350 e. The predicted octanol–water partition coefficient (Wildman–Crippen LogP) is 0.642. The molecule has 126 valence electrons. The molecule has 0 radical (unpaired) electrons. The topological polar surface area (TPSA) is 92.3 Å². The standard InChI is InChI=1S/C15H22N4O3S/c1-23(21,22)19-6-4-12(5-7-19)15(20)16-9-13-8-14(11-2-3-11)18-10-17-13/h8,10-12H,2-7,9H2,1H3,(H,16,20). The van der Waals surface area contributed by atoms with Crippen molar-refractivity contribution in [1.82, 2.24) is 19.6 Å². The molecule has 8 heteroatoms. The van der Waals surface area contributed by atoms with Crippen LogP contribution in [0.5, 0.6) is 0 Å². The first-order chi connectivity index (χ1) is 10.9. The predicted molar refractivity (Wildman–Crippen MR) is 85.0 cm³/mol. The van der Waals surface area contributed by atoms with Gasteiger partial charge in [-0.25, -0.2) is 22.7 Å². The Balaban J connectivity index is 1.49. The highest BCUT2D eigenvalue weighted by Gasteiger charge is 2.29. The lowest BCUT2D eigenvalue weighted by molar-refractivity contribution is -0.126. The number of carbonyl (C=O) groups excluding carboxylic acids is 1. The van der Waals surface area contributed by atoms with Crippen molar-refractivity contribution in [2.24, 2.45) is 5.92 Å². The number of piperidine rings is 1. The van der Waals surface area contributed by atoms with Gasteiger partial charge < -0.3 is 5.32 Å². The molecule has 3 rings (SSSR count). The van der Waals surface area contributed by atoms with Gasteiger partial charge in [0, 0.05) is 30.6 Å². The average Bonchev–Trinajstić information content (AvgIpc) is 3.37. The van der Waals surface area contributed by atoms with Crippen molar-refractivity contribution in [3.05, 3.63) is 23.8 Å². The van der Waals surface area contributed by atoms with Crippen molar-refractivity contribution in [1.29, 1.82) is 0 Å². The van der Waals surface area contributed by atoms with Crippen molar-refractivity contribution < 1.29 is 13.2 Å². The quantitative estimate of drug-likeness (QED) is 0.851. The molecule has 0 atom stereocenters. The van der Waals surface area contributed by atoms with E-state index < -0.39 is 10.0 Å². The Labute approximate surface area is 136 Å². The number of hydrogen-bond acceptors (Lipinski definition) is 5. The van der Waals surface area contributed by atoms with Crippen LogP contribution in [-0.4, -0.2) is 47.9 Å². The van der Waals surface area contributed by atoms with Crippen molar-refractivity contribution in [2.45, 2.75) is 38.1 Å². The molecule has 0 aromatic carbocycles. The fraction of sp³-hybridized carbons (Fsp3) is 0.667. The molecule has 1 saturated heterocycles. The van der Waals surface area contributed by atoms with Crippen LogP contribution in [0, 0.1) is 5.92 Å². The minimum Gasteiger partial charge on any atom is -0.350 e. The molecule has 1 aliphatic carbocycles. The molecular weight excluding hydrogens is 316 g/mol. The Bertz CT molecular complexity index is 680. The van der Waals surface area contributed by atoms with E-state index in [1.807, 2.05) is 6.07 Å². The van der Waals surface area contributed by atoms with Gasteiger partial charge in [0.15, 0.2) is 0 Å². The van der Waals surface area contributed by atoms with E-state index in [9.17, 15) is 13.2 Å². The molecule has 2 aliphatic rings. The summed E-state index contributed by atoms with van der Waals surface area (Å²) in [6, 6.07) is 1.96. The Morgan fingerprint density at radius 3 is 2.57 bits per heavy atom. The van der Waals surface area contributed by atoms with Crippen molar-refractivity contribution in [3.63, 3.8) is 0 Å². The molecule has 1 aliphatic heterocycles. The Morgan fingerprint density at radius 2 is 1.96 bits per heavy atom. The zero-order valence-corrected chi connectivity index (χ0v) is 14.1. The summed E-state index contributed by atoms with van der Waals surface area (Å²) in [4.78, 5) is 20.7. The fourth-order valence-corrected chi connectivity index (χ4v) is 3.76. The van der Waals surface area contributed by atoms with Crippen molar-refractivity contribution in [3.8, 4) is 0 Å². The maximum Gasteiger partial charge on any atom is 0.223 e. The fourth-order valence-electron chi connectivity index (χ4n) is 2.89. The van der Waals surface area contributed by atoms with Crippen LogP contribution in [0.25, 0.3) is 0 Å². The summed E-state index contributed by atoms with van der Waals surface area (Å²) in [6.45, 7) is 1.22. The number of aromatic nitrogens is 2. The second kappa shape index (κ2) is 6.52. The molecule has 0 bridgehead atoms. The highest BCUT2D eigenvalue weighted by Crippen LogP contribution is 2.38. The van der Waals surface area contributed by atoms with Crippen LogP contribution >= 0.6 is 0 Å². The van der Waals surface area contributed by atoms with Crippen LogP contribution in [0.1, 0.15) is 43.0 Å². The van der Waals surface area contributed by atoms with Gasteiger partial charge in [0.05, 0.1) is 18.5 Å². The highest BCUT2D eigenvalue weighted by atomic mass is 32.2. The highest BCUT2D eigenvalue weighted by molar-refractivity contribution is 7.88. The first kappa shape index (κ1) is 16.3. The summed E-state index contributed by atoms with van der Waals surface area (Å²) >= 11 is 0. The van der Waals surface area contributed by atoms with E-state index >= 15 is 0 Å². The summed E-state index contributed by atoms with van der Waals surface area (Å²) < 4.78 is 24.4. The molecule has 2 fully saturated rings. The summed E-state index contributed by atoms with van der Waals surface area (Å²) in [5.74, 6) is 0.412. The Hall–Kier alpha value is -1.54. The minimum atomic E-state index is -3.15. The lowest BCUT2D eigenvalue weighted by Crippen LogP contribution is -2.42. The summed E-state index contributed by atoms with van der Waals surface area (Å²) in [5, 5.41) is 2.91. The van der Waals surface area contributed by atoms with Gasteiger partial charge >= 0.3 is 0 Å². The average molecular weight is 338 g/mol. The molecule has 1 saturated carbocycles. The van der Waals surface area contributed by atoms with Crippen LogP contribution in [0.15, 0.2) is 12.4 Å². The van der Waals surface area contributed by atoms with Gasteiger partial charge in [-0.2, -0.15) is 0 Å². The monoisotopic (exact) mass is 338 g/mol. The van der Waals surface area contributed by atoms with Crippen molar-refractivity contribution >= 4 is 15.9 Å². The smallest absolute Gasteiger partial charge is 0.223 e. The van der Waals surface area contributed by atoms with Gasteiger partial charge in [-0.05, 0) is 31.7 Å². The summed E-state index contributed by atoms with van der Waals surface area (Å²) in [5.41, 5.74) is 1.88. The zero-order valence-electron chi connectivity index (χ0n) is 13.2. The minimum absolute atomic E-state index is 0.0234. The van der Waals surface area contributed by atoms with Gasteiger partial charge in [0.2, 0.25) is 15.9 Å². The van der Waals surface area contributed by atoms with Gasteiger partial charge in [0.1, 0.15) is 6.33 Å². The molecular formula is C15H22N4O3S. The van der Waals surface area contributed by atoms with Crippen LogP contribution in [0.4, 0.5) is 0 Å². The first-order valence-corrected chi connectivity index (χ1v) is 9.82. The van der Waals surface area contributed by atoms with Gasteiger partial charge in [-0.15, -0.1) is 0 Å². The first-order valence-electron chi connectivity index (χ1n) is 7.97. The molecule has 1 amide bonds. The van der Waals surface area contributed by atoms with Gasteiger partial charge in [0.25, 0.3) is 0 Å². The molecule has 2 heterocycles. The second-order valence-electron chi connectivity index (χ2n) is 6.36. The number of rotatable bonds is 5. The maximum absolute atomic E-state index is 12.2. The molecule has 23 heavy (non-hydrogen) atoms. The lowest BCUT2D eigenvalue weighted by Gasteiger charge is -2.29. The van der Waals surface area contributed by atoms with Gasteiger partial charge in [-0.1, -0.05) is 0 Å². The third-order valence-corrected chi connectivity index (χ3v) is 5.78. The Kier molecular flexibility index (Phi) is 4.63. The van der Waals surface area contributed by atoms with E-state index in [0.717, 1.165) is 11.4 Å². The van der Waals surface area contributed by atoms with E-state index in [1.54, 1.807) is 6.33 Å². The number of hydrogen-bond donors (Lipinski definition) is 1. The van der Waals surface area contributed by atoms with Crippen LogP contribution in [0.3, 0.4) is 0 Å². The number of sulfonamides is 1. The van der Waals surface area contributed by atoms with Crippen LogP contribution in [-0.2, 0) is 21.4 Å². The maximum atomic E-state index is 12.2. The Morgan fingerprint density at radius 1 is 1.26 bits per heavy atom. The lowest BCUT2D eigenvalue weighted by atomic mass is 9.97. The van der Waals surface area contributed by atoms with Crippen LogP contribution < -0.4 is 5.32 Å². The van der Waals surface area contributed by atoms with Crippen LogP contribution in [0.2, 0.25) is 0 Å². The number of nitrogens with zero attached hydrogens (tertiary/aromatic N) is 3. The van der Waals surface area contributed by atoms with E-state index in [4.69, 9.17) is 0 Å². The van der Waals surface area contributed by atoms with E-state index in [0.29, 0.717) is 38.4 Å². The molecule has 1 aromatic heterocycles.